The molecule has 0 radical (unpaired) electrons. The number of nitrogens with zero attached hydrogens (tertiary/aromatic N) is 2. The maximum absolute atomic E-state index is 13.0. The van der Waals surface area contributed by atoms with E-state index in [4.69, 9.17) is 0 Å². The van der Waals surface area contributed by atoms with Gasteiger partial charge in [-0.25, -0.2) is 14.1 Å². The molecule has 0 aromatic heterocycles. The number of anilines is 2. The average Bonchev–Trinajstić information content (AvgIpc) is 2.87. The van der Waals surface area contributed by atoms with E-state index in [0.717, 1.165) is 10.5 Å². The number of nitrogens with one attached hydrogen (secondary N) is 1. The summed E-state index contributed by atoms with van der Waals surface area (Å²) in [6.45, 7) is 5.48. The van der Waals surface area contributed by atoms with Crippen LogP contribution < -0.4 is 10.2 Å². The van der Waals surface area contributed by atoms with E-state index in [1.807, 2.05) is 13.0 Å². The van der Waals surface area contributed by atoms with Gasteiger partial charge in [-0.3, -0.25) is 9.59 Å². The molecule has 6 nitrogen and oxygen atoms in total. The first-order valence-corrected chi connectivity index (χ1v) is 9.06. The molecule has 0 unspecified atom stereocenters. The van der Waals surface area contributed by atoms with Crippen LogP contribution in [0.5, 0.6) is 0 Å². The first kappa shape index (κ1) is 19.5. The lowest BCUT2D eigenvalue weighted by atomic mass is 10.1. The van der Waals surface area contributed by atoms with Crippen molar-refractivity contribution in [2.75, 3.05) is 10.2 Å². The zero-order chi connectivity index (χ0) is 20.4. The maximum atomic E-state index is 13.0. The normalized spacial score (nSPS) is 16.8. The van der Waals surface area contributed by atoms with Gasteiger partial charge in [0.05, 0.1) is 12.1 Å². The highest BCUT2D eigenvalue weighted by Gasteiger charge is 2.47. The van der Waals surface area contributed by atoms with Gasteiger partial charge < -0.3 is 10.2 Å². The van der Waals surface area contributed by atoms with Crippen LogP contribution in [0.4, 0.5) is 20.6 Å². The molecule has 1 atom stereocenters. The minimum atomic E-state index is -0.895. The van der Waals surface area contributed by atoms with E-state index in [2.05, 4.69) is 5.32 Å². The number of carbonyl (C=O) groups is 3. The van der Waals surface area contributed by atoms with Crippen molar-refractivity contribution in [1.82, 2.24) is 4.90 Å². The van der Waals surface area contributed by atoms with E-state index in [9.17, 15) is 18.8 Å². The van der Waals surface area contributed by atoms with E-state index in [1.165, 1.54) is 29.2 Å². The van der Waals surface area contributed by atoms with Crippen LogP contribution in [0.1, 0.15) is 25.8 Å². The Morgan fingerprint density at radius 2 is 1.82 bits per heavy atom. The summed E-state index contributed by atoms with van der Waals surface area (Å²) < 4.78 is 13.0. The standard InChI is InChI=1S/C21H22FN3O3/c1-13(2)24-18(12-19(26)23-16-9-7-15(22)8-10-16)20(27)25(21(24)28)17-6-4-5-14(3)11-17/h4-11,13,18H,12H2,1-3H3,(H,23,26)/t18-/m0/s1. The first-order valence-electron chi connectivity index (χ1n) is 9.06. The summed E-state index contributed by atoms with van der Waals surface area (Å²) >= 11 is 0. The number of rotatable bonds is 5. The fourth-order valence-electron chi connectivity index (χ4n) is 3.30. The number of amides is 4. The van der Waals surface area contributed by atoms with Gasteiger partial charge in [0.1, 0.15) is 11.9 Å². The van der Waals surface area contributed by atoms with Crippen molar-refractivity contribution in [3.63, 3.8) is 0 Å². The van der Waals surface area contributed by atoms with E-state index >= 15 is 0 Å². The molecular formula is C21H22FN3O3. The third-order valence-electron chi connectivity index (χ3n) is 4.58. The Hall–Kier alpha value is -3.22. The van der Waals surface area contributed by atoms with Crippen molar-refractivity contribution in [1.29, 1.82) is 0 Å². The highest BCUT2D eigenvalue weighted by atomic mass is 19.1. The summed E-state index contributed by atoms with van der Waals surface area (Å²) in [6.07, 6.45) is -0.178. The van der Waals surface area contributed by atoms with E-state index in [-0.39, 0.29) is 12.5 Å². The molecule has 28 heavy (non-hydrogen) atoms. The summed E-state index contributed by atoms with van der Waals surface area (Å²) in [6, 6.07) is 10.9. The monoisotopic (exact) mass is 383 g/mol. The number of urea groups is 1. The summed E-state index contributed by atoms with van der Waals surface area (Å²) in [7, 11) is 0. The van der Waals surface area contributed by atoms with Gasteiger partial charge in [-0.2, -0.15) is 0 Å². The number of benzene rings is 2. The third kappa shape index (κ3) is 3.88. The quantitative estimate of drug-likeness (QED) is 0.801. The van der Waals surface area contributed by atoms with Gasteiger partial charge in [0.25, 0.3) is 5.91 Å². The number of hydrogen-bond acceptors (Lipinski definition) is 3. The lowest BCUT2D eigenvalue weighted by molar-refractivity contribution is -0.124. The second-order valence-electron chi connectivity index (χ2n) is 7.07. The van der Waals surface area contributed by atoms with E-state index < -0.39 is 29.7 Å². The minimum Gasteiger partial charge on any atom is -0.326 e. The van der Waals surface area contributed by atoms with Crippen LogP contribution in [-0.4, -0.2) is 34.8 Å². The van der Waals surface area contributed by atoms with Crippen molar-refractivity contribution in [2.24, 2.45) is 0 Å². The van der Waals surface area contributed by atoms with Gasteiger partial charge in [-0.05, 0) is 62.7 Å². The number of carbonyl (C=O) groups excluding carboxylic acids is 3. The van der Waals surface area contributed by atoms with E-state index in [0.29, 0.717) is 11.4 Å². The summed E-state index contributed by atoms with van der Waals surface area (Å²) in [4.78, 5) is 40.9. The molecule has 1 aliphatic heterocycles. The molecule has 1 aliphatic rings. The molecule has 0 spiro atoms. The predicted molar refractivity (Wildman–Crippen MR) is 104 cm³/mol. The van der Waals surface area contributed by atoms with Gasteiger partial charge in [0.2, 0.25) is 5.91 Å². The van der Waals surface area contributed by atoms with Crippen LogP contribution in [0.25, 0.3) is 0 Å². The smallest absolute Gasteiger partial charge is 0.326 e. The Bertz CT molecular complexity index is 911. The van der Waals surface area contributed by atoms with Crippen LogP contribution in [0.2, 0.25) is 0 Å². The highest BCUT2D eigenvalue weighted by Crippen LogP contribution is 2.29. The molecule has 2 aromatic rings. The summed E-state index contributed by atoms with van der Waals surface area (Å²) in [5.41, 5.74) is 1.84. The molecule has 4 amide bonds. The number of imide groups is 1. The fourth-order valence-corrected chi connectivity index (χ4v) is 3.30. The van der Waals surface area contributed by atoms with E-state index in [1.54, 1.807) is 32.0 Å². The Balaban J connectivity index is 1.82. The van der Waals surface area contributed by atoms with Crippen molar-refractivity contribution in [2.45, 2.75) is 39.3 Å². The Morgan fingerprint density at radius 1 is 1.14 bits per heavy atom. The Labute approximate surface area is 162 Å². The van der Waals surface area contributed by atoms with Crippen LogP contribution >= 0.6 is 0 Å². The molecule has 0 saturated carbocycles. The molecular weight excluding hydrogens is 361 g/mol. The molecule has 1 N–H and O–H groups in total. The second-order valence-corrected chi connectivity index (χ2v) is 7.07. The van der Waals surface area contributed by atoms with Gasteiger partial charge in [-0.15, -0.1) is 0 Å². The largest absolute Gasteiger partial charge is 0.332 e. The Kier molecular flexibility index (Phi) is 5.44. The topological polar surface area (TPSA) is 69.7 Å². The Morgan fingerprint density at radius 3 is 2.43 bits per heavy atom. The predicted octanol–water partition coefficient (Wildman–Crippen LogP) is 3.71. The number of aryl methyl sites for hydroxylation is 1. The van der Waals surface area contributed by atoms with Crippen molar-refractivity contribution < 1.29 is 18.8 Å². The lowest BCUT2D eigenvalue weighted by Gasteiger charge is -2.25. The van der Waals surface area contributed by atoms with Crippen LogP contribution in [0, 0.1) is 12.7 Å². The number of halogens is 1. The van der Waals surface area contributed by atoms with Gasteiger partial charge >= 0.3 is 6.03 Å². The van der Waals surface area contributed by atoms with Crippen molar-refractivity contribution in [3.8, 4) is 0 Å². The SMILES string of the molecule is Cc1cccc(N2C(=O)[C@H](CC(=O)Nc3ccc(F)cc3)N(C(C)C)C2=O)c1. The van der Waals surface area contributed by atoms with Gasteiger partial charge in [0, 0.05) is 11.7 Å². The van der Waals surface area contributed by atoms with Crippen molar-refractivity contribution >= 4 is 29.2 Å². The van der Waals surface area contributed by atoms with Crippen LogP contribution in [0.15, 0.2) is 48.5 Å². The molecule has 3 rings (SSSR count). The fraction of sp³-hybridized carbons (Fsp3) is 0.286. The number of hydrogen-bond donors (Lipinski definition) is 1. The lowest BCUT2D eigenvalue weighted by Crippen LogP contribution is -2.42. The average molecular weight is 383 g/mol. The van der Waals surface area contributed by atoms with Gasteiger partial charge in [-0.1, -0.05) is 12.1 Å². The maximum Gasteiger partial charge on any atom is 0.332 e. The molecule has 0 bridgehead atoms. The first-order chi connectivity index (χ1) is 13.3. The summed E-state index contributed by atoms with van der Waals surface area (Å²) in [5, 5.41) is 2.64. The summed E-state index contributed by atoms with van der Waals surface area (Å²) in [5.74, 6) is -1.26. The van der Waals surface area contributed by atoms with Crippen molar-refractivity contribution in [3.05, 3.63) is 59.9 Å². The molecule has 146 valence electrons. The molecule has 1 heterocycles. The highest BCUT2D eigenvalue weighted by molar-refractivity contribution is 6.22. The minimum absolute atomic E-state index is 0.178. The molecule has 2 aromatic carbocycles. The second kappa shape index (κ2) is 7.80. The van der Waals surface area contributed by atoms with Crippen LogP contribution in [-0.2, 0) is 9.59 Å². The molecule has 7 heteroatoms. The third-order valence-corrected chi connectivity index (χ3v) is 4.58. The molecule has 1 fully saturated rings. The van der Waals surface area contributed by atoms with Gasteiger partial charge in [0.15, 0.2) is 0 Å². The molecule has 1 saturated heterocycles. The molecule has 0 aliphatic carbocycles. The van der Waals surface area contributed by atoms with Crippen LogP contribution in [0.3, 0.4) is 0 Å². The zero-order valence-corrected chi connectivity index (χ0v) is 16.0. The zero-order valence-electron chi connectivity index (χ0n) is 16.0.